The third-order valence-corrected chi connectivity index (χ3v) is 1.82. The number of hydrogen-bond acceptors (Lipinski definition) is 3. The fraction of sp³-hybridized carbons (Fsp3) is 0.200. The van der Waals surface area contributed by atoms with E-state index in [1.54, 1.807) is 5.32 Å². The van der Waals surface area contributed by atoms with E-state index in [4.69, 9.17) is 5.11 Å². The van der Waals surface area contributed by atoms with Gasteiger partial charge in [0.05, 0.1) is 11.3 Å². The number of carboxylic acids is 1. The molecule has 0 fully saturated rings. The molecule has 0 bridgehead atoms. The van der Waals surface area contributed by atoms with Crippen LogP contribution in [0.15, 0.2) is 18.2 Å². The minimum atomic E-state index is -4.71. The molecule has 0 saturated heterocycles. The van der Waals surface area contributed by atoms with E-state index in [1.807, 2.05) is 0 Å². The van der Waals surface area contributed by atoms with Gasteiger partial charge in [0.25, 0.3) is 0 Å². The fourth-order valence-corrected chi connectivity index (χ4v) is 1.10. The fourth-order valence-electron chi connectivity index (χ4n) is 1.10. The van der Waals surface area contributed by atoms with Crippen molar-refractivity contribution in [3.05, 3.63) is 29.6 Å². The SMILES string of the molecule is O=C(Nc1cc(F)ccc1C(=O)O)OCC(F)(F)F. The number of halogens is 4. The van der Waals surface area contributed by atoms with Crippen molar-refractivity contribution < 1.29 is 37.0 Å². The molecule has 0 spiro atoms. The lowest BCUT2D eigenvalue weighted by atomic mass is 10.2. The molecule has 1 amide bonds. The highest BCUT2D eigenvalue weighted by Gasteiger charge is 2.29. The van der Waals surface area contributed by atoms with Gasteiger partial charge in [0.2, 0.25) is 0 Å². The van der Waals surface area contributed by atoms with E-state index in [-0.39, 0.29) is 0 Å². The van der Waals surface area contributed by atoms with Gasteiger partial charge in [-0.3, -0.25) is 5.32 Å². The number of alkyl halides is 3. The Kier molecular flexibility index (Phi) is 4.30. The average Bonchev–Trinajstić information content (AvgIpc) is 2.25. The molecule has 0 radical (unpaired) electrons. The summed E-state index contributed by atoms with van der Waals surface area (Å²) in [5, 5.41) is 10.5. The zero-order valence-corrected chi connectivity index (χ0v) is 9.12. The standard InChI is InChI=1S/C10H7F4NO4/c11-5-1-2-6(8(16)17)7(3-5)15-9(18)19-4-10(12,13)14/h1-3H,4H2,(H,15,18)(H,16,17). The number of benzene rings is 1. The predicted octanol–water partition coefficient (Wildman–Crippen LogP) is 2.63. The van der Waals surface area contributed by atoms with Crippen LogP contribution in [0, 0.1) is 5.82 Å². The molecule has 0 aliphatic carbocycles. The summed E-state index contributed by atoms with van der Waals surface area (Å²) in [6, 6.07) is 2.34. The van der Waals surface area contributed by atoms with E-state index in [0.717, 1.165) is 12.1 Å². The first-order valence-corrected chi connectivity index (χ1v) is 4.72. The number of amides is 1. The molecular weight excluding hydrogens is 274 g/mol. The van der Waals surface area contributed by atoms with Crippen molar-refractivity contribution in [3.8, 4) is 0 Å². The van der Waals surface area contributed by atoms with Gasteiger partial charge in [-0.1, -0.05) is 0 Å². The van der Waals surface area contributed by atoms with E-state index < -0.39 is 41.9 Å². The summed E-state index contributed by atoms with van der Waals surface area (Å²) >= 11 is 0. The Hall–Kier alpha value is -2.32. The van der Waals surface area contributed by atoms with Crippen LogP contribution in [0.25, 0.3) is 0 Å². The van der Waals surface area contributed by atoms with E-state index in [2.05, 4.69) is 4.74 Å². The number of nitrogens with one attached hydrogen (secondary N) is 1. The number of carbonyl (C=O) groups excluding carboxylic acids is 1. The third-order valence-electron chi connectivity index (χ3n) is 1.82. The van der Waals surface area contributed by atoms with Gasteiger partial charge in [-0.25, -0.2) is 14.0 Å². The van der Waals surface area contributed by atoms with Crippen molar-refractivity contribution in [1.82, 2.24) is 0 Å². The van der Waals surface area contributed by atoms with Gasteiger partial charge in [0.1, 0.15) is 5.82 Å². The van der Waals surface area contributed by atoms with Crippen molar-refractivity contribution in [2.24, 2.45) is 0 Å². The second-order valence-electron chi connectivity index (χ2n) is 3.31. The zero-order chi connectivity index (χ0) is 14.6. The maximum absolute atomic E-state index is 12.9. The number of carboxylic acid groups (broad SMARTS) is 1. The predicted molar refractivity (Wildman–Crippen MR) is 54.4 cm³/mol. The number of aromatic carboxylic acids is 1. The summed E-state index contributed by atoms with van der Waals surface area (Å²) in [7, 11) is 0. The summed E-state index contributed by atoms with van der Waals surface area (Å²) in [5.41, 5.74) is -0.981. The van der Waals surface area contributed by atoms with Crippen LogP contribution in [0.3, 0.4) is 0 Å². The molecule has 0 aliphatic rings. The van der Waals surface area contributed by atoms with Crippen molar-refractivity contribution in [2.75, 3.05) is 11.9 Å². The second kappa shape index (κ2) is 5.55. The smallest absolute Gasteiger partial charge is 0.422 e. The summed E-state index contributed by atoms with van der Waals surface area (Å²) in [6.07, 6.45) is -6.25. The van der Waals surface area contributed by atoms with Crippen LogP contribution in [0.4, 0.5) is 28.0 Å². The normalized spacial score (nSPS) is 10.9. The highest BCUT2D eigenvalue weighted by Crippen LogP contribution is 2.19. The molecule has 1 rings (SSSR count). The van der Waals surface area contributed by atoms with Crippen LogP contribution < -0.4 is 5.32 Å². The quantitative estimate of drug-likeness (QED) is 0.835. The lowest BCUT2D eigenvalue weighted by molar-refractivity contribution is -0.159. The molecule has 1 aromatic carbocycles. The Morgan fingerprint density at radius 1 is 1.32 bits per heavy atom. The van der Waals surface area contributed by atoms with E-state index in [9.17, 15) is 27.2 Å². The molecule has 104 valence electrons. The Morgan fingerprint density at radius 3 is 2.47 bits per heavy atom. The van der Waals surface area contributed by atoms with Crippen LogP contribution in [-0.4, -0.2) is 30.0 Å². The highest BCUT2D eigenvalue weighted by molar-refractivity contribution is 5.98. The molecular formula is C10H7F4NO4. The van der Waals surface area contributed by atoms with Crippen LogP contribution >= 0.6 is 0 Å². The molecule has 19 heavy (non-hydrogen) atoms. The van der Waals surface area contributed by atoms with Gasteiger partial charge in [-0.05, 0) is 18.2 Å². The van der Waals surface area contributed by atoms with Gasteiger partial charge >= 0.3 is 18.2 Å². The summed E-state index contributed by atoms with van der Waals surface area (Å²) < 4.78 is 52.0. The number of anilines is 1. The first-order chi connectivity index (χ1) is 8.69. The van der Waals surface area contributed by atoms with E-state index in [0.29, 0.717) is 6.07 Å². The topological polar surface area (TPSA) is 75.6 Å². The Bertz CT molecular complexity index is 501. The molecule has 5 nitrogen and oxygen atoms in total. The maximum atomic E-state index is 12.9. The van der Waals surface area contributed by atoms with Crippen molar-refractivity contribution in [1.29, 1.82) is 0 Å². The number of rotatable bonds is 3. The van der Waals surface area contributed by atoms with Gasteiger partial charge in [-0.2, -0.15) is 13.2 Å². The van der Waals surface area contributed by atoms with Gasteiger partial charge in [0.15, 0.2) is 6.61 Å². The van der Waals surface area contributed by atoms with E-state index >= 15 is 0 Å². The molecule has 0 heterocycles. The second-order valence-corrected chi connectivity index (χ2v) is 3.31. The molecule has 0 unspecified atom stereocenters. The molecule has 0 saturated carbocycles. The minimum absolute atomic E-state index is 0.481. The van der Waals surface area contributed by atoms with Gasteiger partial charge in [-0.15, -0.1) is 0 Å². The van der Waals surface area contributed by atoms with Crippen molar-refractivity contribution in [3.63, 3.8) is 0 Å². The van der Waals surface area contributed by atoms with Crippen molar-refractivity contribution in [2.45, 2.75) is 6.18 Å². The first kappa shape index (κ1) is 14.7. The largest absolute Gasteiger partial charge is 0.478 e. The minimum Gasteiger partial charge on any atom is -0.478 e. The lowest BCUT2D eigenvalue weighted by Crippen LogP contribution is -2.24. The van der Waals surface area contributed by atoms with Crippen molar-refractivity contribution >= 4 is 17.7 Å². The number of carbonyl (C=O) groups is 2. The Labute approximate surface area is 103 Å². The molecule has 0 aliphatic heterocycles. The molecule has 2 N–H and O–H groups in total. The van der Waals surface area contributed by atoms with Crippen LogP contribution in [0.1, 0.15) is 10.4 Å². The van der Waals surface area contributed by atoms with Crippen LogP contribution in [0.2, 0.25) is 0 Å². The zero-order valence-electron chi connectivity index (χ0n) is 9.12. The molecule has 0 aromatic heterocycles. The van der Waals surface area contributed by atoms with E-state index in [1.165, 1.54) is 0 Å². The third kappa shape index (κ3) is 4.82. The lowest BCUT2D eigenvalue weighted by Gasteiger charge is -2.10. The van der Waals surface area contributed by atoms with Crippen LogP contribution in [-0.2, 0) is 4.74 Å². The van der Waals surface area contributed by atoms with Gasteiger partial charge in [0, 0.05) is 0 Å². The number of hydrogen-bond donors (Lipinski definition) is 2. The molecule has 9 heteroatoms. The Morgan fingerprint density at radius 2 is 1.95 bits per heavy atom. The average molecular weight is 281 g/mol. The molecule has 0 atom stereocenters. The van der Waals surface area contributed by atoms with Gasteiger partial charge < -0.3 is 9.84 Å². The number of ether oxygens (including phenoxy) is 1. The summed E-state index contributed by atoms with van der Waals surface area (Å²) in [4.78, 5) is 21.7. The van der Waals surface area contributed by atoms with Crippen LogP contribution in [0.5, 0.6) is 0 Å². The first-order valence-electron chi connectivity index (χ1n) is 4.72. The highest BCUT2D eigenvalue weighted by atomic mass is 19.4. The maximum Gasteiger partial charge on any atom is 0.422 e. The Balaban J connectivity index is 2.78. The molecule has 1 aromatic rings. The summed E-state index contributed by atoms with van der Waals surface area (Å²) in [6.45, 7) is -1.84. The summed E-state index contributed by atoms with van der Waals surface area (Å²) in [5.74, 6) is -2.35. The monoisotopic (exact) mass is 281 g/mol.